The Labute approximate surface area is 81.8 Å². The summed E-state index contributed by atoms with van der Waals surface area (Å²) in [6, 6.07) is 0. The third-order valence-corrected chi connectivity index (χ3v) is 6.24. The van der Waals surface area contributed by atoms with Gasteiger partial charge in [0.2, 0.25) is 0 Å². The van der Waals surface area contributed by atoms with E-state index in [0.717, 1.165) is 5.92 Å². The normalized spacial score (nSPS) is 31.2. The Morgan fingerprint density at radius 2 is 2.60 bits per heavy atom. The van der Waals surface area contributed by atoms with E-state index in [-0.39, 0.29) is 0 Å². The molecule has 0 saturated carbocycles. The molecule has 0 spiro atoms. The van der Waals surface area contributed by atoms with Gasteiger partial charge in [0.15, 0.2) is 0 Å². The summed E-state index contributed by atoms with van der Waals surface area (Å²) >= 11 is 0.840. The molecule has 2 heterocycles. The molecule has 0 radical (unpaired) electrons. The van der Waals surface area contributed by atoms with Gasteiger partial charge in [0, 0.05) is 0 Å². The van der Waals surface area contributed by atoms with Crippen LogP contribution in [0.15, 0.2) is 21.8 Å². The van der Waals surface area contributed by atoms with Gasteiger partial charge in [-0.3, -0.25) is 0 Å². The predicted molar refractivity (Wildman–Crippen MR) is 50.5 cm³/mol. The molecule has 0 aromatic heterocycles. The van der Waals surface area contributed by atoms with Crippen molar-refractivity contribution in [2.45, 2.75) is 0 Å². The molecule has 2 rings (SSSR count). The number of rotatable bonds is 0. The molecule has 0 aromatic carbocycles. The maximum absolute atomic E-state index is 2.49. The first kappa shape index (κ1) is 7.46. The van der Waals surface area contributed by atoms with Crippen LogP contribution in [0.5, 0.6) is 0 Å². The Bertz CT molecular complexity index is 213. The summed E-state index contributed by atoms with van der Waals surface area (Å²) in [5, 5.41) is 0. The van der Waals surface area contributed by atoms with Crippen molar-refractivity contribution in [2.24, 2.45) is 5.92 Å². The van der Waals surface area contributed by atoms with Crippen LogP contribution in [0.4, 0.5) is 0 Å². The van der Waals surface area contributed by atoms with Gasteiger partial charge in [0.25, 0.3) is 0 Å². The van der Waals surface area contributed by atoms with E-state index in [4.69, 9.17) is 0 Å². The second kappa shape index (κ2) is 3.47. The molecular formula is C8H9I2-. The van der Waals surface area contributed by atoms with Crippen molar-refractivity contribution in [3.05, 3.63) is 21.8 Å². The topological polar surface area (TPSA) is 0 Å². The molecule has 1 atom stereocenters. The Hall–Kier alpha value is 0.810. The first-order valence-corrected chi connectivity index (χ1v) is 8.86. The molecule has 0 bridgehead atoms. The number of hydrogen-bond acceptors (Lipinski definition) is 0. The van der Waals surface area contributed by atoms with E-state index in [9.17, 15) is 0 Å². The van der Waals surface area contributed by atoms with Crippen LogP contribution in [0.1, 0.15) is 0 Å². The van der Waals surface area contributed by atoms with E-state index in [1.165, 1.54) is 8.86 Å². The van der Waals surface area contributed by atoms with Crippen LogP contribution in [-0.2, 0) is 0 Å². The average molecular weight is 359 g/mol. The molecule has 2 aliphatic heterocycles. The van der Waals surface area contributed by atoms with Crippen LogP contribution in [0.2, 0.25) is 0 Å². The fourth-order valence-electron chi connectivity index (χ4n) is 1.09. The zero-order valence-electron chi connectivity index (χ0n) is 5.56. The average Bonchev–Trinajstić information content (AvgIpc) is 2.05. The van der Waals surface area contributed by atoms with Gasteiger partial charge in [-0.15, -0.1) is 0 Å². The van der Waals surface area contributed by atoms with Crippen molar-refractivity contribution < 1.29 is 21.2 Å². The Morgan fingerprint density at radius 3 is 3.50 bits per heavy atom. The second-order valence-electron chi connectivity index (χ2n) is 2.36. The molecule has 2 heteroatoms. The van der Waals surface area contributed by atoms with E-state index in [0.29, 0.717) is 41.9 Å². The third kappa shape index (κ3) is 1.52. The molecule has 10 heavy (non-hydrogen) atoms. The minimum absolute atomic E-state index is 0.307. The van der Waals surface area contributed by atoms with Crippen LogP contribution >= 0.6 is 20.7 Å². The molecular weight excluding hydrogens is 350 g/mol. The van der Waals surface area contributed by atoms with Crippen molar-refractivity contribution >= 4 is 24.7 Å². The van der Waals surface area contributed by atoms with Crippen LogP contribution in [0.25, 0.3) is 0 Å². The molecule has 56 valence electrons. The predicted octanol–water partition coefficient (Wildman–Crippen LogP) is -1.07. The SMILES string of the molecule is C1=CC2C[I-]CC=C2C=I1. The molecule has 0 N–H and O–H groups in total. The summed E-state index contributed by atoms with van der Waals surface area (Å²) in [6.07, 6.45) is 4.92. The number of hydrogen-bond donors (Lipinski definition) is 0. The Morgan fingerprint density at radius 1 is 1.60 bits per heavy atom. The van der Waals surface area contributed by atoms with Crippen molar-refractivity contribution in [1.82, 2.24) is 0 Å². The molecule has 2 aliphatic rings. The molecule has 0 aliphatic carbocycles. The zero-order valence-corrected chi connectivity index (χ0v) is 9.87. The van der Waals surface area contributed by atoms with E-state index >= 15 is 0 Å². The number of alkyl halides is 2. The fraction of sp³-hybridized carbons (Fsp3) is 0.375. The van der Waals surface area contributed by atoms with Gasteiger partial charge in [0.1, 0.15) is 0 Å². The van der Waals surface area contributed by atoms with Gasteiger partial charge in [-0.1, -0.05) is 0 Å². The third-order valence-electron chi connectivity index (χ3n) is 1.69. The van der Waals surface area contributed by atoms with Gasteiger partial charge in [-0.25, -0.2) is 0 Å². The number of halogens is 2. The van der Waals surface area contributed by atoms with Crippen molar-refractivity contribution in [3.63, 3.8) is 0 Å². The molecule has 1 unspecified atom stereocenters. The standard InChI is InChI=1S/C8H9I2/c1-3-9-6-8-2-4-10-5-7(1)8/h1-3,6-7H,4-5H2/q-1. The number of allylic oxidation sites excluding steroid dienone is 3. The van der Waals surface area contributed by atoms with E-state index in [1.54, 1.807) is 5.57 Å². The first-order valence-electron chi connectivity index (χ1n) is 3.32. The van der Waals surface area contributed by atoms with Gasteiger partial charge in [-0.2, -0.15) is 0 Å². The Kier molecular flexibility index (Phi) is 2.59. The van der Waals surface area contributed by atoms with Gasteiger partial charge >= 0.3 is 82.5 Å². The quantitative estimate of drug-likeness (QED) is 0.382. The summed E-state index contributed by atoms with van der Waals surface area (Å²) in [5.41, 5.74) is 1.67. The van der Waals surface area contributed by atoms with Gasteiger partial charge in [-0.05, 0) is 0 Å². The van der Waals surface area contributed by atoms with Gasteiger partial charge < -0.3 is 0 Å². The molecule has 0 nitrogen and oxygen atoms in total. The second-order valence-corrected chi connectivity index (χ2v) is 7.26. The van der Waals surface area contributed by atoms with Crippen LogP contribution in [0, 0.1) is 5.92 Å². The first-order chi connectivity index (χ1) is 4.97. The summed E-state index contributed by atoms with van der Waals surface area (Å²) in [5.74, 6) is 0.856. The molecule has 0 aromatic rings. The molecule has 0 amide bonds. The minimum atomic E-state index is 0.307. The van der Waals surface area contributed by atoms with Gasteiger partial charge in [0.05, 0.1) is 0 Å². The van der Waals surface area contributed by atoms with Crippen molar-refractivity contribution in [2.75, 3.05) is 8.86 Å². The molecule has 0 fully saturated rings. The molecule has 0 saturated heterocycles. The summed E-state index contributed by atoms with van der Waals surface area (Å²) < 4.78 is 7.84. The van der Waals surface area contributed by atoms with E-state index < -0.39 is 0 Å². The summed E-state index contributed by atoms with van der Waals surface area (Å²) in [4.78, 5) is 0. The van der Waals surface area contributed by atoms with Crippen molar-refractivity contribution in [1.29, 1.82) is 0 Å². The van der Waals surface area contributed by atoms with Crippen LogP contribution in [0.3, 0.4) is 0 Å². The maximum atomic E-state index is 2.49. The Balaban J connectivity index is 2.27. The van der Waals surface area contributed by atoms with Crippen LogP contribution in [-0.4, -0.2) is 12.9 Å². The number of fused-ring (bicyclic) bond motifs is 1. The van der Waals surface area contributed by atoms with Crippen molar-refractivity contribution in [3.8, 4) is 0 Å². The zero-order chi connectivity index (χ0) is 6.81. The summed E-state index contributed by atoms with van der Waals surface area (Å²) in [6.45, 7) is 0. The fourth-order valence-corrected chi connectivity index (χ4v) is 5.82. The van der Waals surface area contributed by atoms with E-state index in [2.05, 4.69) is 20.2 Å². The van der Waals surface area contributed by atoms with Crippen LogP contribution < -0.4 is 21.2 Å². The van der Waals surface area contributed by atoms with E-state index in [1.807, 2.05) is 0 Å². The summed E-state index contributed by atoms with van der Waals surface area (Å²) in [7, 11) is 0. The monoisotopic (exact) mass is 359 g/mol.